The van der Waals surface area contributed by atoms with Crippen molar-refractivity contribution in [3.63, 3.8) is 0 Å². The number of aromatic nitrogens is 4. The highest BCUT2D eigenvalue weighted by Gasteiger charge is 2.17. The van der Waals surface area contributed by atoms with E-state index in [0.717, 1.165) is 49.8 Å². The molecule has 10 aromatic rings. The lowest BCUT2D eigenvalue weighted by Crippen LogP contribution is -2.03. The maximum atomic E-state index is 6.08. The van der Waals surface area contributed by atoms with Crippen molar-refractivity contribution < 1.29 is 0 Å². The standard InChI is InChI=1S/C39H22N4S/c44-38-30-13-5-7-15-33(30)40-37-31-14-6-8-16-35(31)42-36-22-24(18-20-34(36)41-39(42)43(37)38)23-17-19-29-27-11-2-1-9-25(27)26-10-3-4-12-28(26)32(29)21-23/h1-22H. The normalized spacial score (nSPS) is 12.2. The number of para-hydroxylation sites is 2. The summed E-state index contributed by atoms with van der Waals surface area (Å²) in [7, 11) is 0. The molecule has 0 amide bonds. The average Bonchev–Trinajstić information content (AvgIpc) is 3.47. The van der Waals surface area contributed by atoms with Gasteiger partial charge >= 0.3 is 0 Å². The summed E-state index contributed by atoms with van der Waals surface area (Å²) in [6, 6.07) is 47.3. The maximum Gasteiger partial charge on any atom is 0.222 e. The predicted octanol–water partition coefficient (Wildman–Crippen LogP) is 10.3. The van der Waals surface area contributed by atoms with Gasteiger partial charge in [-0.05, 0) is 85.9 Å². The van der Waals surface area contributed by atoms with E-state index in [9.17, 15) is 0 Å². The third-order valence-electron chi connectivity index (χ3n) is 9.08. The fraction of sp³-hybridized carbons (Fsp3) is 0. The van der Waals surface area contributed by atoms with E-state index in [-0.39, 0.29) is 0 Å². The fourth-order valence-corrected chi connectivity index (χ4v) is 7.41. The summed E-state index contributed by atoms with van der Waals surface area (Å²) in [5.74, 6) is 0.769. The largest absolute Gasteiger partial charge is 0.277 e. The van der Waals surface area contributed by atoms with Gasteiger partial charge in [0.1, 0.15) is 4.64 Å². The Hall–Kier alpha value is -5.65. The molecular weight excluding hydrogens is 557 g/mol. The first-order chi connectivity index (χ1) is 21.7. The molecule has 0 atom stereocenters. The molecule has 0 bridgehead atoms. The van der Waals surface area contributed by atoms with E-state index in [4.69, 9.17) is 22.2 Å². The van der Waals surface area contributed by atoms with Crippen LogP contribution in [-0.4, -0.2) is 18.8 Å². The first-order valence-electron chi connectivity index (χ1n) is 14.7. The van der Waals surface area contributed by atoms with E-state index in [1.54, 1.807) is 0 Å². The summed E-state index contributed by atoms with van der Waals surface area (Å²) in [5.41, 5.74) is 7.03. The molecule has 0 saturated heterocycles. The lowest BCUT2D eigenvalue weighted by atomic mass is 9.92. The van der Waals surface area contributed by atoms with Crippen LogP contribution >= 0.6 is 12.2 Å². The Morgan fingerprint density at radius 3 is 1.73 bits per heavy atom. The number of rotatable bonds is 1. The molecule has 204 valence electrons. The second kappa shape index (κ2) is 8.69. The molecule has 44 heavy (non-hydrogen) atoms. The minimum Gasteiger partial charge on any atom is -0.277 e. The van der Waals surface area contributed by atoms with Crippen LogP contribution in [0.25, 0.3) is 87.7 Å². The van der Waals surface area contributed by atoms with Gasteiger partial charge in [-0.25, -0.2) is 9.97 Å². The summed E-state index contributed by atoms with van der Waals surface area (Å²) in [6.45, 7) is 0. The van der Waals surface area contributed by atoms with Crippen molar-refractivity contribution in [2.45, 2.75) is 0 Å². The van der Waals surface area contributed by atoms with E-state index in [2.05, 4.69) is 114 Å². The van der Waals surface area contributed by atoms with E-state index < -0.39 is 0 Å². The van der Waals surface area contributed by atoms with Gasteiger partial charge < -0.3 is 0 Å². The van der Waals surface area contributed by atoms with Crippen LogP contribution in [0, 0.1) is 4.64 Å². The van der Waals surface area contributed by atoms with Crippen LogP contribution in [0.2, 0.25) is 0 Å². The number of nitrogens with zero attached hydrogens (tertiary/aromatic N) is 4. The van der Waals surface area contributed by atoms with Crippen molar-refractivity contribution in [1.82, 2.24) is 18.8 Å². The quantitative estimate of drug-likeness (QED) is 0.110. The molecule has 0 saturated carbocycles. The predicted molar refractivity (Wildman–Crippen MR) is 185 cm³/mol. The van der Waals surface area contributed by atoms with Gasteiger partial charge in [-0.2, -0.15) is 0 Å². The SMILES string of the molecule is S=c1c2ccccc2nc2c3ccccc3n3c4cc(-c5ccc6c7ccccc7c7ccccc7c6c5)ccc4nc3n12. The molecule has 10 rings (SSSR count). The highest BCUT2D eigenvalue weighted by Crippen LogP contribution is 2.38. The Morgan fingerprint density at radius 2 is 0.977 bits per heavy atom. The van der Waals surface area contributed by atoms with Gasteiger partial charge in [-0.1, -0.05) is 103 Å². The Morgan fingerprint density at radius 1 is 0.409 bits per heavy atom. The molecular formula is C39H22N4S. The molecule has 7 aromatic carbocycles. The van der Waals surface area contributed by atoms with Crippen molar-refractivity contribution in [3.05, 3.63) is 138 Å². The highest BCUT2D eigenvalue weighted by atomic mass is 32.1. The Kier molecular flexibility index (Phi) is 4.71. The van der Waals surface area contributed by atoms with Crippen LogP contribution in [0.4, 0.5) is 0 Å². The molecule has 3 aromatic heterocycles. The Labute approximate surface area is 256 Å². The van der Waals surface area contributed by atoms with Crippen molar-refractivity contribution in [2.24, 2.45) is 0 Å². The van der Waals surface area contributed by atoms with E-state index in [1.165, 1.54) is 37.9 Å². The molecule has 0 fully saturated rings. The summed E-state index contributed by atoms with van der Waals surface area (Å²) in [6.07, 6.45) is 0. The lowest BCUT2D eigenvalue weighted by Gasteiger charge is -2.12. The van der Waals surface area contributed by atoms with Gasteiger partial charge in [0.2, 0.25) is 5.78 Å². The van der Waals surface area contributed by atoms with Crippen LogP contribution in [0.15, 0.2) is 133 Å². The molecule has 0 spiro atoms. The highest BCUT2D eigenvalue weighted by molar-refractivity contribution is 7.71. The number of hydrogen-bond acceptors (Lipinski definition) is 3. The molecule has 0 aliphatic carbocycles. The molecule has 0 radical (unpaired) electrons. The molecule has 0 N–H and O–H groups in total. The minimum absolute atomic E-state index is 0.713. The van der Waals surface area contributed by atoms with Crippen molar-refractivity contribution in [1.29, 1.82) is 0 Å². The zero-order valence-corrected chi connectivity index (χ0v) is 24.2. The van der Waals surface area contributed by atoms with E-state index in [0.29, 0.717) is 4.64 Å². The third-order valence-corrected chi connectivity index (χ3v) is 9.48. The van der Waals surface area contributed by atoms with Crippen LogP contribution in [0.5, 0.6) is 0 Å². The summed E-state index contributed by atoms with van der Waals surface area (Å²) < 4.78 is 4.98. The lowest BCUT2D eigenvalue weighted by molar-refractivity contribution is 1.08. The molecule has 0 aliphatic rings. The number of imidazole rings is 1. The van der Waals surface area contributed by atoms with Crippen LogP contribution in [0.1, 0.15) is 0 Å². The second-order valence-electron chi connectivity index (χ2n) is 11.4. The minimum atomic E-state index is 0.713. The summed E-state index contributed by atoms with van der Waals surface area (Å²) >= 11 is 6.08. The van der Waals surface area contributed by atoms with E-state index >= 15 is 0 Å². The molecule has 0 unspecified atom stereocenters. The maximum absolute atomic E-state index is 6.08. The zero-order chi connectivity index (χ0) is 28.9. The van der Waals surface area contributed by atoms with Crippen LogP contribution < -0.4 is 0 Å². The molecule has 0 aliphatic heterocycles. The molecule has 3 heterocycles. The fourth-order valence-electron chi connectivity index (χ4n) is 7.07. The molecule has 5 heteroatoms. The Bertz CT molecular complexity index is 2880. The van der Waals surface area contributed by atoms with Gasteiger partial charge in [0.25, 0.3) is 0 Å². The zero-order valence-electron chi connectivity index (χ0n) is 23.4. The van der Waals surface area contributed by atoms with Gasteiger partial charge in [-0.3, -0.25) is 8.80 Å². The van der Waals surface area contributed by atoms with Gasteiger partial charge in [0, 0.05) is 10.8 Å². The third kappa shape index (κ3) is 3.14. The number of benzene rings is 7. The monoisotopic (exact) mass is 578 g/mol. The van der Waals surface area contributed by atoms with Crippen molar-refractivity contribution >= 4 is 88.8 Å². The van der Waals surface area contributed by atoms with Crippen LogP contribution in [0.3, 0.4) is 0 Å². The average molecular weight is 579 g/mol. The van der Waals surface area contributed by atoms with Gasteiger partial charge in [-0.15, -0.1) is 0 Å². The summed E-state index contributed by atoms with van der Waals surface area (Å²) in [5, 5.41) is 9.62. The summed E-state index contributed by atoms with van der Waals surface area (Å²) in [4.78, 5) is 10.2. The number of hydrogen-bond donors (Lipinski definition) is 0. The van der Waals surface area contributed by atoms with Crippen LogP contribution in [-0.2, 0) is 0 Å². The first-order valence-corrected chi connectivity index (χ1v) is 15.1. The van der Waals surface area contributed by atoms with Crippen molar-refractivity contribution in [2.75, 3.05) is 0 Å². The smallest absolute Gasteiger partial charge is 0.222 e. The van der Waals surface area contributed by atoms with E-state index in [1.807, 2.05) is 28.7 Å². The second-order valence-corrected chi connectivity index (χ2v) is 11.8. The number of fused-ring (bicyclic) bond motifs is 15. The first kappa shape index (κ1) is 23.9. The Balaban J connectivity index is 1.30. The van der Waals surface area contributed by atoms with Crippen molar-refractivity contribution in [3.8, 4) is 11.1 Å². The van der Waals surface area contributed by atoms with Gasteiger partial charge in [0.05, 0.1) is 22.1 Å². The molecule has 4 nitrogen and oxygen atoms in total. The van der Waals surface area contributed by atoms with Gasteiger partial charge in [0.15, 0.2) is 5.65 Å². The topological polar surface area (TPSA) is 34.6 Å².